The van der Waals surface area contributed by atoms with Crippen molar-refractivity contribution in [1.29, 1.82) is 0 Å². The van der Waals surface area contributed by atoms with Crippen LogP contribution in [0, 0.1) is 0 Å². The molecule has 11 heteroatoms. The van der Waals surface area contributed by atoms with Gasteiger partial charge in [-0.3, -0.25) is 9.59 Å². The SMILES string of the molecule is CS(=O)(=O)c1ccc(CN(C(=O)c2ccc(CCl)[nH]c2=O)c2cccc(C(F)(F)F)c2)cc1. The van der Waals surface area contributed by atoms with Crippen LogP contribution in [0.15, 0.2) is 70.4 Å². The van der Waals surface area contributed by atoms with Gasteiger partial charge in [0.1, 0.15) is 5.56 Å². The number of aromatic nitrogens is 1. The molecule has 0 atom stereocenters. The molecule has 0 saturated heterocycles. The van der Waals surface area contributed by atoms with Crippen molar-refractivity contribution in [1.82, 2.24) is 4.98 Å². The van der Waals surface area contributed by atoms with Gasteiger partial charge in [-0.15, -0.1) is 11.6 Å². The van der Waals surface area contributed by atoms with Gasteiger partial charge in [-0.05, 0) is 48.0 Å². The predicted molar refractivity (Wildman–Crippen MR) is 118 cm³/mol. The number of alkyl halides is 4. The third kappa shape index (κ3) is 5.82. The van der Waals surface area contributed by atoms with Crippen LogP contribution in [0.2, 0.25) is 0 Å². The summed E-state index contributed by atoms with van der Waals surface area (Å²) >= 11 is 5.69. The van der Waals surface area contributed by atoms with E-state index in [9.17, 15) is 31.2 Å². The summed E-state index contributed by atoms with van der Waals surface area (Å²) in [5.41, 5.74) is -1.24. The summed E-state index contributed by atoms with van der Waals surface area (Å²) in [6, 6.07) is 12.4. The number of hydrogen-bond acceptors (Lipinski definition) is 4. The second-order valence-corrected chi connectivity index (χ2v) is 9.50. The Bertz CT molecular complexity index is 1340. The standard InChI is InChI=1S/C22H18ClF3N2O4S/c1-33(31,32)18-8-5-14(6-9-18)13-28(17-4-2-3-15(11-17)22(24,25)26)21(30)19-10-7-16(12-23)27-20(19)29/h2-11H,12-13H2,1H3,(H,27,29). The third-order valence-electron chi connectivity index (χ3n) is 4.77. The lowest BCUT2D eigenvalue weighted by atomic mass is 10.1. The summed E-state index contributed by atoms with van der Waals surface area (Å²) in [4.78, 5) is 29.2. The van der Waals surface area contributed by atoms with E-state index in [1.54, 1.807) is 0 Å². The molecule has 0 radical (unpaired) electrons. The van der Waals surface area contributed by atoms with E-state index in [-0.39, 0.29) is 28.6 Å². The maximum absolute atomic E-state index is 13.3. The van der Waals surface area contributed by atoms with Crippen LogP contribution in [0.3, 0.4) is 0 Å². The number of sulfone groups is 1. The molecule has 1 amide bonds. The van der Waals surface area contributed by atoms with Crippen molar-refractivity contribution < 1.29 is 26.4 Å². The summed E-state index contributed by atoms with van der Waals surface area (Å²) in [5, 5.41) is 0. The summed E-state index contributed by atoms with van der Waals surface area (Å²) in [6.07, 6.45) is -3.60. The van der Waals surface area contributed by atoms with Gasteiger partial charge >= 0.3 is 6.18 Å². The molecule has 0 fully saturated rings. The largest absolute Gasteiger partial charge is 0.416 e. The molecule has 3 rings (SSSR count). The van der Waals surface area contributed by atoms with Crippen LogP contribution < -0.4 is 10.5 Å². The average molecular weight is 499 g/mol. The Labute approximate surface area is 192 Å². The number of pyridine rings is 1. The highest BCUT2D eigenvalue weighted by Gasteiger charge is 2.31. The van der Waals surface area contributed by atoms with Crippen LogP contribution in [0.1, 0.15) is 27.2 Å². The van der Waals surface area contributed by atoms with Crippen LogP contribution in [0.5, 0.6) is 0 Å². The van der Waals surface area contributed by atoms with Crippen molar-refractivity contribution in [2.24, 2.45) is 0 Å². The van der Waals surface area contributed by atoms with E-state index >= 15 is 0 Å². The van der Waals surface area contributed by atoms with Crippen molar-refractivity contribution >= 4 is 33.0 Å². The molecule has 174 valence electrons. The quantitative estimate of drug-likeness (QED) is 0.511. The molecule has 0 unspecified atom stereocenters. The van der Waals surface area contributed by atoms with Gasteiger partial charge in [-0.25, -0.2) is 8.42 Å². The van der Waals surface area contributed by atoms with Gasteiger partial charge in [0, 0.05) is 17.6 Å². The molecule has 2 aromatic carbocycles. The zero-order chi connectivity index (χ0) is 24.4. The Kier molecular flexibility index (Phi) is 6.99. The number of hydrogen-bond donors (Lipinski definition) is 1. The number of amides is 1. The Morgan fingerprint density at radius 1 is 1.06 bits per heavy atom. The van der Waals surface area contributed by atoms with Crippen molar-refractivity contribution in [2.45, 2.75) is 23.5 Å². The van der Waals surface area contributed by atoms with Gasteiger partial charge in [0.15, 0.2) is 9.84 Å². The molecule has 3 aromatic rings. The number of halogens is 4. The van der Waals surface area contributed by atoms with Crippen LogP contribution in [-0.2, 0) is 28.4 Å². The van der Waals surface area contributed by atoms with Gasteiger partial charge in [0.2, 0.25) is 0 Å². The highest BCUT2D eigenvalue weighted by atomic mass is 35.5. The lowest BCUT2D eigenvalue weighted by molar-refractivity contribution is -0.137. The third-order valence-corrected chi connectivity index (χ3v) is 6.18. The van der Waals surface area contributed by atoms with E-state index in [0.717, 1.165) is 29.4 Å². The fourth-order valence-electron chi connectivity index (χ4n) is 3.06. The second kappa shape index (κ2) is 9.40. The summed E-state index contributed by atoms with van der Waals surface area (Å²) in [6.45, 7) is -0.207. The lowest BCUT2D eigenvalue weighted by Crippen LogP contribution is -2.34. The van der Waals surface area contributed by atoms with Gasteiger partial charge in [-0.1, -0.05) is 18.2 Å². The smallest absolute Gasteiger partial charge is 0.324 e. The normalized spacial score (nSPS) is 11.9. The molecule has 0 saturated carbocycles. The van der Waals surface area contributed by atoms with Gasteiger partial charge in [0.25, 0.3) is 11.5 Å². The molecular weight excluding hydrogens is 481 g/mol. The first kappa shape index (κ1) is 24.5. The molecule has 1 N–H and O–H groups in total. The Morgan fingerprint density at radius 3 is 2.27 bits per heavy atom. The molecule has 0 spiro atoms. The number of H-pyrrole nitrogens is 1. The summed E-state index contributed by atoms with van der Waals surface area (Å²) in [7, 11) is -3.46. The predicted octanol–water partition coefficient (Wildman–Crippen LogP) is 4.38. The van der Waals surface area contributed by atoms with E-state index in [1.165, 1.54) is 42.5 Å². The molecule has 1 heterocycles. The zero-order valence-electron chi connectivity index (χ0n) is 17.2. The first-order chi connectivity index (χ1) is 15.4. The fraction of sp³-hybridized carbons (Fsp3) is 0.182. The Morgan fingerprint density at radius 2 is 1.73 bits per heavy atom. The lowest BCUT2D eigenvalue weighted by Gasteiger charge is -2.24. The second-order valence-electron chi connectivity index (χ2n) is 7.22. The maximum atomic E-state index is 13.3. The monoisotopic (exact) mass is 498 g/mol. The molecule has 0 aliphatic heterocycles. The van der Waals surface area contributed by atoms with Crippen molar-refractivity contribution in [3.05, 3.63) is 93.4 Å². The molecule has 0 aliphatic rings. The van der Waals surface area contributed by atoms with E-state index in [4.69, 9.17) is 11.6 Å². The average Bonchev–Trinajstić information content (AvgIpc) is 2.76. The zero-order valence-corrected chi connectivity index (χ0v) is 18.8. The van der Waals surface area contributed by atoms with Gasteiger partial charge in [-0.2, -0.15) is 13.2 Å². The molecular formula is C22H18ClF3N2O4S. The minimum atomic E-state index is -4.64. The van der Waals surface area contributed by atoms with Crippen molar-refractivity contribution in [2.75, 3.05) is 11.2 Å². The maximum Gasteiger partial charge on any atom is 0.416 e. The van der Waals surface area contributed by atoms with Crippen molar-refractivity contribution in [3.8, 4) is 0 Å². The number of carbonyl (C=O) groups excluding carboxylic acids is 1. The number of carbonyl (C=O) groups is 1. The Balaban J connectivity index is 2.07. The molecule has 0 aliphatic carbocycles. The number of anilines is 1. The first-order valence-corrected chi connectivity index (χ1v) is 11.9. The van der Waals surface area contributed by atoms with E-state index in [2.05, 4.69) is 4.98 Å². The first-order valence-electron chi connectivity index (χ1n) is 9.46. The van der Waals surface area contributed by atoms with E-state index < -0.39 is 33.0 Å². The molecule has 6 nitrogen and oxygen atoms in total. The van der Waals surface area contributed by atoms with Crippen LogP contribution in [0.25, 0.3) is 0 Å². The number of rotatable bonds is 6. The number of nitrogens with zero attached hydrogens (tertiary/aromatic N) is 1. The number of aromatic amines is 1. The molecule has 1 aromatic heterocycles. The minimum absolute atomic E-state index is 0.00768. The fourth-order valence-corrected chi connectivity index (χ4v) is 3.85. The molecule has 0 bridgehead atoms. The van der Waals surface area contributed by atoms with Crippen molar-refractivity contribution in [3.63, 3.8) is 0 Å². The summed E-state index contributed by atoms with van der Waals surface area (Å²) in [5.74, 6) is -0.822. The topological polar surface area (TPSA) is 87.3 Å². The van der Waals surface area contributed by atoms with Crippen LogP contribution >= 0.6 is 11.6 Å². The van der Waals surface area contributed by atoms with Gasteiger partial charge in [0.05, 0.1) is 22.9 Å². The minimum Gasteiger partial charge on any atom is -0.324 e. The highest BCUT2D eigenvalue weighted by Crippen LogP contribution is 2.32. The van der Waals surface area contributed by atoms with E-state index in [0.29, 0.717) is 11.3 Å². The van der Waals surface area contributed by atoms with Gasteiger partial charge < -0.3 is 9.88 Å². The van der Waals surface area contributed by atoms with Crippen LogP contribution in [-0.4, -0.2) is 25.6 Å². The number of benzene rings is 2. The highest BCUT2D eigenvalue weighted by molar-refractivity contribution is 7.90. The number of nitrogens with one attached hydrogen (secondary N) is 1. The Hall–Kier alpha value is -3.11. The van der Waals surface area contributed by atoms with E-state index in [1.807, 2.05) is 0 Å². The van der Waals surface area contributed by atoms with Crippen LogP contribution in [0.4, 0.5) is 18.9 Å². The summed E-state index contributed by atoms with van der Waals surface area (Å²) < 4.78 is 63.1. The molecule has 33 heavy (non-hydrogen) atoms.